The van der Waals surface area contributed by atoms with Gasteiger partial charge in [-0.3, -0.25) is 14.9 Å². The molecule has 0 radical (unpaired) electrons. The van der Waals surface area contributed by atoms with E-state index in [1.807, 2.05) is 11.5 Å². The lowest BCUT2D eigenvalue weighted by molar-refractivity contribution is -0.385. The molecule has 0 N–H and O–H groups in total. The lowest BCUT2D eigenvalue weighted by atomic mass is 10.1. The van der Waals surface area contributed by atoms with Crippen LogP contribution in [0.4, 0.5) is 5.69 Å². The molecule has 0 aliphatic carbocycles. The van der Waals surface area contributed by atoms with Crippen LogP contribution >= 0.6 is 34.8 Å². The number of nitro benzene ring substituents is 1. The van der Waals surface area contributed by atoms with E-state index in [0.717, 1.165) is 23.5 Å². The van der Waals surface area contributed by atoms with Crippen molar-refractivity contribution in [1.29, 1.82) is 0 Å². The summed E-state index contributed by atoms with van der Waals surface area (Å²) in [6.45, 7) is 2.97. The van der Waals surface area contributed by atoms with E-state index in [2.05, 4.69) is 0 Å². The summed E-state index contributed by atoms with van der Waals surface area (Å²) >= 11 is 17.9. The molecule has 0 atom stereocenters. The number of aromatic nitrogens is 1. The summed E-state index contributed by atoms with van der Waals surface area (Å²) in [5.41, 5.74) is 1.65. The van der Waals surface area contributed by atoms with Crippen LogP contribution in [-0.4, -0.2) is 27.8 Å². The van der Waals surface area contributed by atoms with E-state index in [1.54, 1.807) is 31.2 Å². The van der Waals surface area contributed by atoms with Crippen LogP contribution in [0.25, 0.3) is 5.69 Å². The summed E-state index contributed by atoms with van der Waals surface area (Å²) in [5.74, 6) is -1.47. The fourth-order valence-electron chi connectivity index (χ4n) is 3.18. The minimum Gasteiger partial charge on any atom is -0.454 e. The zero-order chi connectivity index (χ0) is 22.9. The van der Waals surface area contributed by atoms with Gasteiger partial charge >= 0.3 is 5.97 Å². The quantitative estimate of drug-likeness (QED) is 0.186. The molecule has 7 nitrogen and oxygen atoms in total. The second-order valence-corrected chi connectivity index (χ2v) is 7.89. The SMILES string of the molecule is Cc1cc(C(=O)COC(=O)c2cc(Cl)ccc2[N+](=O)[O-])c(C)n1-c1ccc(Cl)c(Cl)c1. The Kier molecular flexibility index (Phi) is 6.69. The minimum absolute atomic E-state index is 0.133. The molecule has 10 heteroatoms. The zero-order valence-electron chi connectivity index (χ0n) is 16.3. The molecular formula is C21H15Cl3N2O5. The Morgan fingerprint density at radius 2 is 1.71 bits per heavy atom. The third-order valence-corrected chi connectivity index (χ3v) is 5.58. The van der Waals surface area contributed by atoms with Crippen molar-refractivity contribution in [2.45, 2.75) is 13.8 Å². The van der Waals surface area contributed by atoms with Crippen molar-refractivity contribution < 1.29 is 19.2 Å². The predicted molar refractivity (Wildman–Crippen MR) is 118 cm³/mol. The van der Waals surface area contributed by atoms with Crippen LogP contribution in [0.15, 0.2) is 42.5 Å². The van der Waals surface area contributed by atoms with E-state index in [1.165, 1.54) is 6.07 Å². The normalized spacial score (nSPS) is 10.7. The molecule has 3 aromatic rings. The number of hydrogen-bond acceptors (Lipinski definition) is 5. The summed E-state index contributed by atoms with van der Waals surface area (Å²) in [4.78, 5) is 35.4. The van der Waals surface area contributed by atoms with Crippen LogP contribution in [0.5, 0.6) is 0 Å². The Labute approximate surface area is 192 Å². The maximum Gasteiger partial charge on any atom is 0.345 e. The molecule has 0 aliphatic heterocycles. The van der Waals surface area contributed by atoms with Crippen LogP contribution in [0.2, 0.25) is 15.1 Å². The van der Waals surface area contributed by atoms with Crippen molar-refractivity contribution in [2.75, 3.05) is 6.61 Å². The highest BCUT2D eigenvalue weighted by Crippen LogP contribution is 2.28. The molecular weight excluding hydrogens is 467 g/mol. The van der Waals surface area contributed by atoms with Crippen molar-refractivity contribution in [3.63, 3.8) is 0 Å². The zero-order valence-corrected chi connectivity index (χ0v) is 18.6. The topological polar surface area (TPSA) is 91.4 Å². The number of halogens is 3. The Balaban J connectivity index is 1.82. The second kappa shape index (κ2) is 9.09. The number of nitrogens with zero attached hydrogens (tertiary/aromatic N) is 2. The molecule has 0 unspecified atom stereocenters. The van der Waals surface area contributed by atoms with Crippen LogP contribution in [0.3, 0.4) is 0 Å². The molecule has 0 fully saturated rings. The lowest BCUT2D eigenvalue weighted by Crippen LogP contribution is -2.16. The third kappa shape index (κ3) is 4.74. The smallest absolute Gasteiger partial charge is 0.345 e. The molecule has 31 heavy (non-hydrogen) atoms. The van der Waals surface area contributed by atoms with E-state index >= 15 is 0 Å². The number of Topliss-reactive ketones (excluding diaryl/α,β-unsaturated/α-hetero) is 1. The molecule has 1 aromatic heterocycles. The van der Waals surface area contributed by atoms with Gasteiger partial charge in [0.05, 0.1) is 15.0 Å². The average molecular weight is 482 g/mol. The molecule has 0 saturated heterocycles. The van der Waals surface area contributed by atoms with Gasteiger partial charge in [-0.25, -0.2) is 4.79 Å². The molecule has 0 saturated carbocycles. The highest BCUT2D eigenvalue weighted by Gasteiger charge is 2.24. The fourth-order valence-corrected chi connectivity index (χ4v) is 3.65. The maximum atomic E-state index is 12.7. The minimum atomic E-state index is -1.01. The van der Waals surface area contributed by atoms with E-state index in [9.17, 15) is 19.7 Å². The number of benzene rings is 2. The Morgan fingerprint density at radius 1 is 1.00 bits per heavy atom. The Bertz CT molecular complexity index is 1220. The maximum absolute atomic E-state index is 12.7. The number of nitro groups is 1. The first-order valence-electron chi connectivity index (χ1n) is 8.88. The highest BCUT2D eigenvalue weighted by atomic mass is 35.5. The van der Waals surface area contributed by atoms with E-state index in [0.29, 0.717) is 21.3 Å². The van der Waals surface area contributed by atoms with Crippen LogP contribution in [0.1, 0.15) is 32.1 Å². The first kappa shape index (κ1) is 22.8. The molecule has 160 valence electrons. The van der Waals surface area contributed by atoms with Crippen molar-refractivity contribution >= 4 is 52.2 Å². The summed E-state index contributed by atoms with van der Waals surface area (Å²) in [7, 11) is 0. The first-order valence-corrected chi connectivity index (χ1v) is 10.0. The van der Waals surface area contributed by atoms with Crippen LogP contribution in [0, 0.1) is 24.0 Å². The van der Waals surface area contributed by atoms with Gasteiger partial charge in [-0.15, -0.1) is 0 Å². The standard InChI is InChI=1S/C21H15Cl3N2O5/c1-11-7-15(12(2)25(11)14-4-5-17(23)18(24)9-14)20(27)10-31-21(28)16-8-13(22)3-6-19(16)26(29)30/h3-9H,10H2,1-2H3. The number of esters is 1. The summed E-state index contributed by atoms with van der Waals surface area (Å²) in [6.07, 6.45) is 0. The van der Waals surface area contributed by atoms with Crippen molar-refractivity contribution in [1.82, 2.24) is 4.57 Å². The number of carbonyl (C=O) groups is 2. The third-order valence-electron chi connectivity index (χ3n) is 4.60. The monoisotopic (exact) mass is 480 g/mol. The predicted octanol–water partition coefficient (Wildman–Crippen LogP) is 6.00. The molecule has 0 spiro atoms. The van der Waals surface area contributed by atoms with Gasteiger partial charge in [-0.05, 0) is 50.2 Å². The molecule has 3 rings (SSSR count). The first-order chi connectivity index (χ1) is 14.6. The van der Waals surface area contributed by atoms with E-state index in [-0.39, 0.29) is 10.6 Å². The van der Waals surface area contributed by atoms with Gasteiger partial charge in [0.1, 0.15) is 5.56 Å². The molecule has 0 amide bonds. The van der Waals surface area contributed by atoms with Crippen LogP contribution < -0.4 is 0 Å². The van der Waals surface area contributed by atoms with Crippen LogP contribution in [-0.2, 0) is 4.74 Å². The summed E-state index contributed by atoms with van der Waals surface area (Å²) < 4.78 is 6.85. The van der Waals surface area contributed by atoms with Gasteiger partial charge in [0, 0.05) is 33.7 Å². The van der Waals surface area contributed by atoms with Gasteiger partial charge in [0.2, 0.25) is 5.78 Å². The summed E-state index contributed by atoms with van der Waals surface area (Å²) in [6, 6.07) is 10.3. The van der Waals surface area contributed by atoms with Crippen molar-refractivity contribution in [3.8, 4) is 5.69 Å². The molecule has 2 aromatic carbocycles. The largest absolute Gasteiger partial charge is 0.454 e. The van der Waals surface area contributed by atoms with Gasteiger partial charge in [-0.1, -0.05) is 34.8 Å². The number of ether oxygens (including phenoxy) is 1. The summed E-state index contributed by atoms with van der Waals surface area (Å²) in [5, 5.41) is 12.0. The number of hydrogen-bond donors (Lipinski definition) is 0. The molecule has 0 aliphatic rings. The van der Waals surface area contributed by atoms with Crippen molar-refractivity contribution in [3.05, 3.63) is 90.2 Å². The Hall–Kier alpha value is -2.87. The van der Waals surface area contributed by atoms with E-state index < -0.39 is 29.0 Å². The average Bonchev–Trinajstić information content (AvgIpc) is 3.01. The van der Waals surface area contributed by atoms with Gasteiger partial charge in [0.25, 0.3) is 5.69 Å². The number of aryl methyl sites for hydroxylation is 1. The Morgan fingerprint density at radius 3 is 2.35 bits per heavy atom. The van der Waals surface area contributed by atoms with Gasteiger partial charge in [0.15, 0.2) is 6.61 Å². The molecule has 1 heterocycles. The number of carbonyl (C=O) groups excluding carboxylic acids is 2. The number of ketones is 1. The van der Waals surface area contributed by atoms with E-state index in [4.69, 9.17) is 39.5 Å². The number of rotatable bonds is 6. The lowest BCUT2D eigenvalue weighted by Gasteiger charge is -2.11. The fraction of sp³-hybridized carbons (Fsp3) is 0.143. The van der Waals surface area contributed by atoms with Crippen molar-refractivity contribution in [2.24, 2.45) is 0 Å². The highest BCUT2D eigenvalue weighted by molar-refractivity contribution is 6.42. The molecule has 0 bridgehead atoms. The second-order valence-electron chi connectivity index (χ2n) is 6.64. The van der Waals surface area contributed by atoms with Gasteiger partial charge in [-0.2, -0.15) is 0 Å². The van der Waals surface area contributed by atoms with Gasteiger partial charge < -0.3 is 9.30 Å².